The lowest BCUT2D eigenvalue weighted by molar-refractivity contribution is -0.115. The number of carbonyl (C=O) groups excluding carboxylic acids is 1. The van der Waals surface area contributed by atoms with Crippen molar-refractivity contribution in [2.24, 2.45) is 7.05 Å². The number of anilines is 1. The maximum Gasteiger partial charge on any atom is 0.228 e. The van der Waals surface area contributed by atoms with Gasteiger partial charge in [0.05, 0.1) is 12.1 Å². The number of hydrogen-bond donors (Lipinski definition) is 1. The number of amides is 1. The van der Waals surface area contributed by atoms with Crippen LogP contribution in [0.25, 0.3) is 10.9 Å². The maximum absolute atomic E-state index is 13.6. The van der Waals surface area contributed by atoms with Crippen LogP contribution in [0.5, 0.6) is 0 Å². The summed E-state index contributed by atoms with van der Waals surface area (Å²) in [5.41, 5.74) is 2.92. The van der Waals surface area contributed by atoms with E-state index in [9.17, 15) is 13.6 Å². The highest BCUT2D eigenvalue weighted by Gasteiger charge is 2.15. The predicted molar refractivity (Wildman–Crippen MR) is 86.3 cm³/mol. The Bertz CT molecular complexity index is 899. The van der Waals surface area contributed by atoms with Crippen LogP contribution < -0.4 is 5.32 Å². The second-order valence-electron chi connectivity index (χ2n) is 5.49. The Morgan fingerprint density at radius 3 is 2.65 bits per heavy atom. The van der Waals surface area contributed by atoms with Gasteiger partial charge in [-0.3, -0.25) is 4.79 Å². The number of hydrogen-bond acceptors (Lipinski definition) is 1. The molecule has 1 amide bonds. The first-order chi connectivity index (χ1) is 11.0. The SMILES string of the molecule is Cc1c(CC(=O)Nc2ccc(F)cc2F)c2ccccc2n1C. The third kappa shape index (κ3) is 2.82. The molecule has 0 spiro atoms. The molecule has 3 aromatic rings. The van der Waals surface area contributed by atoms with Crippen LogP contribution in [0.1, 0.15) is 11.3 Å². The molecule has 0 aliphatic rings. The number of nitrogens with zero attached hydrogens (tertiary/aromatic N) is 1. The summed E-state index contributed by atoms with van der Waals surface area (Å²) in [6.07, 6.45) is 0.129. The highest BCUT2D eigenvalue weighted by molar-refractivity contribution is 5.96. The van der Waals surface area contributed by atoms with Crippen LogP contribution in [0.4, 0.5) is 14.5 Å². The quantitative estimate of drug-likeness (QED) is 0.780. The van der Waals surface area contributed by atoms with E-state index in [2.05, 4.69) is 5.32 Å². The Morgan fingerprint density at radius 1 is 1.17 bits per heavy atom. The number of benzene rings is 2. The number of halogens is 2. The van der Waals surface area contributed by atoms with E-state index in [1.54, 1.807) is 0 Å². The molecular formula is C18H16F2N2O. The standard InChI is InChI=1S/C18H16F2N2O/c1-11-14(13-5-3-4-6-17(13)22(11)2)10-18(23)21-16-8-7-12(19)9-15(16)20/h3-9H,10H2,1-2H3,(H,21,23). The van der Waals surface area contributed by atoms with Crippen LogP contribution in [0.2, 0.25) is 0 Å². The Labute approximate surface area is 132 Å². The van der Waals surface area contributed by atoms with E-state index < -0.39 is 11.6 Å². The lowest BCUT2D eigenvalue weighted by atomic mass is 10.1. The van der Waals surface area contributed by atoms with Crippen molar-refractivity contribution in [2.75, 3.05) is 5.32 Å². The predicted octanol–water partition coefficient (Wildman–Crippen LogP) is 3.95. The first kappa shape index (κ1) is 15.2. The maximum atomic E-state index is 13.6. The van der Waals surface area contributed by atoms with Gasteiger partial charge in [-0.2, -0.15) is 0 Å². The molecule has 1 heterocycles. The average molecular weight is 314 g/mol. The molecule has 0 aliphatic carbocycles. The minimum Gasteiger partial charge on any atom is -0.348 e. The number of aryl methyl sites for hydroxylation is 1. The summed E-state index contributed by atoms with van der Waals surface area (Å²) in [5, 5.41) is 3.50. The molecule has 1 aromatic heterocycles. The van der Waals surface area contributed by atoms with Gasteiger partial charge >= 0.3 is 0 Å². The minimum absolute atomic E-state index is 0.0192. The molecule has 0 fully saturated rings. The van der Waals surface area contributed by atoms with E-state index >= 15 is 0 Å². The molecule has 0 saturated carbocycles. The van der Waals surface area contributed by atoms with Crippen LogP contribution in [0.15, 0.2) is 42.5 Å². The van der Waals surface area contributed by atoms with E-state index in [0.29, 0.717) is 0 Å². The fraction of sp³-hybridized carbons (Fsp3) is 0.167. The van der Waals surface area contributed by atoms with Gasteiger partial charge in [-0.25, -0.2) is 8.78 Å². The van der Waals surface area contributed by atoms with Crippen molar-refractivity contribution < 1.29 is 13.6 Å². The highest BCUT2D eigenvalue weighted by atomic mass is 19.1. The number of rotatable bonds is 3. The third-order valence-corrected chi connectivity index (χ3v) is 4.07. The molecule has 118 valence electrons. The first-order valence-electron chi connectivity index (χ1n) is 7.25. The van der Waals surface area contributed by atoms with E-state index in [1.165, 1.54) is 6.07 Å². The van der Waals surface area contributed by atoms with Crippen molar-refractivity contribution >= 4 is 22.5 Å². The van der Waals surface area contributed by atoms with Crippen LogP contribution in [0.3, 0.4) is 0 Å². The fourth-order valence-corrected chi connectivity index (χ4v) is 2.77. The summed E-state index contributed by atoms with van der Waals surface area (Å²) in [6.45, 7) is 1.95. The number of para-hydroxylation sites is 1. The summed E-state index contributed by atoms with van der Waals surface area (Å²) in [5.74, 6) is -1.80. The molecule has 5 heteroatoms. The second kappa shape index (κ2) is 5.83. The largest absolute Gasteiger partial charge is 0.348 e. The smallest absolute Gasteiger partial charge is 0.228 e. The van der Waals surface area contributed by atoms with E-state index in [4.69, 9.17) is 0 Å². The molecular weight excluding hydrogens is 298 g/mol. The molecule has 0 saturated heterocycles. The van der Waals surface area contributed by atoms with Crippen LogP contribution in [-0.4, -0.2) is 10.5 Å². The Morgan fingerprint density at radius 2 is 1.91 bits per heavy atom. The molecule has 0 bridgehead atoms. The van der Waals surface area contributed by atoms with Gasteiger partial charge in [-0.1, -0.05) is 18.2 Å². The molecule has 0 atom stereocenters. The summed E-state index contributed by atoms with van der Waals surface area (Å²) < 4.78 is 28.6. The van der Waals surface area contributed by atoms with Gasteiger partial charge in [0.1, 0.15) is 11.6 Å². The highest BCUT2D eigenvalue weighted by Crippen LogP contribution is 2.25. The summed E-state index contributed by atoms with van der Waals surface area (Å²) in [6, 6.07) is 10.9. The number of nitrogens with one attached hydrogen (secondary N) is 1. The van der Waals surface area contributed by atoms with Crippen LogP contribution in [-0.2, 0) is 18.3 Å². The van der Waals surface area contributed by atoms with Crippen molar-refractivity contribution in [3.8, 4) is 0 Å². The van der Waals surface area contributed by atoms with Gasteiger partial charge in [0, 0.05) is 29.7 Å². The number of carbonyl (C=O) groups is 1. The fourth-order valence-electron chi connectivity index (χ4n) is 2.77. The molecule has 3 rings (SSSR count). The second-order valence-corrected chi connectivity index (χ2v) is 5.49. The van der Waals surface area contributed by atoms with E-state index in [1.807, 2.05) is 42.8 Å². The molecule has 3 nitrogen and oxygen atoms in total. The van der Waals surface area contributed by atoms with Gasteiger partial charge < -0.3 is 9.88 Å². The van der Waals surface area contributed by atoms with E-state index in [-0.39, 0.29) is 18.0 Å². The summed E-state index contributed by atoms with van der Waals surface area (Å²) >= 11 is 0. The summed E-state index contributed by atoms with van der Waals surface area (Å²) in [4.78, 5) is 12.2. The van der Waals surface area contributed by atoms with Gasteiger partial charge in [-0.05, 0) is 30.7 Å². The van der Waals surface area contributed by atoms with Crippen LogP contribution in [0, 0.1) is 18.6 Å². The topological polar surface area (TPSA) is 34.0 Å². The van der Waals surface area contributed by atoms with Gasteiger partial charge in [0.2, 0.25) is 5.91 Å². The molecule has 2 aromatic carbocycles. The Hall–Kier alpha value is -2.69. The van der Waals surface area contributed by atoms with Crippen molar-refractivity contribution in [2.45, 2.75) is 13.3 Å². The lowest BCUT2D eigenvalue weighted by Gasteiger charge is -2.07. The van der Waals surface area contributed by atoms with Crippen molar-refractivity contribution in [3.63, 3.8) is 0 Å². The zero-order valence-corrected chi connectivity index (χ0v) is 12.9. The van der Waals surface area contributed by atoms with Crippen molar-refractivity contribution in [3.05, 3.63) is 65.4 Å². The third-order valence-electron chi connectivity index (χ3n) is 4.07. The molecule has 1 N–H and O–H groups in total. The average Bonchev–Trinajstić information content (AvgIpc) is 2.76. The van der Waals surface area contributed by atoms with E-state index in [0.717, 1.165) is 34.3 Å². The monoisotopic (exact) mass is 314 g/mol. The molecule has 0 radical (unpaired) electrons. The van der Waals surface area contributed by atoms with Crippen molar-refractivity contribution in [1.29, 1.82) is 0 Å². The minimum atomic E-state index is -0.784. The number of aromatic nitrogens is 1. The van der Waals surface area contributed by atoms with Gasteiger partial charge in [0.25, 0.3) is 0 Å². The zero-order chi connectivity index (χ0) is 16.6. The van der Waals surface area contributed by atoms with Gasteiger partial charge in [0.15, 0.2) is 0 Å². The molecule has 0 unspecified atom stereocenters. The van der Waals surface area contributed by atoms with Gasteiger partial charge in [-0.15, -0.1) is 0 Å². The normalized spacial score (nSPS) is 11.0. The zero-order valence-electron chi connectivity index (χ0n) is 12.9. The Kier molecular flexibility index (Phi) is 3.86. The Balaban J connectivity index is 1.87. The molecule has 23 heavy (non-hydrogen) atoms. The van der Waals surface area contributed by atoms with Crippen molar-refractivity contribution in [1.82, 2.24) is 4.57 Å². The first-order valence-corrected chi connectivity index (χ1v) is 7.25. The lowest BCUT2D eigenvalue weighted by Crippen LogP contribution is -2.16. The summed E-state index contributed by atoms with van der Waals surface area (Å²) in [7, 11) is 1.94. The number of fused-ring (bicyclic) bond motifs is 1. The molecule has 0 aliphatic heterocycles. The van der Waals surface area contributed by atoms with Crippen LogP contribution >= 0.6 is 0 Å².